The number of nitrogens with zero attached hydrogens (tertiary/aromatic N) is 1. The second-order valence-corrected chi connectivity index (χ2v) is 5.19. The molecule has 2 N–H and O–H groups in total. The van der Waals surface area contributed by atoms with E-state index >= 15 is 0 Å². The molecule has 5 nitrogen and oxygen atoms in total. The summed E-state index contributed by atoms with van der Waals surface area (Å²) in [6.07, 6.45) is 1.64. The van der Waals surface area contributed by atoms with Gasteiger partial charge in [0.1, 0.15) is 6.04 Å². The lowest BCUT2D eigenvalue weighted by molar-refractivity contribution is -0.122. The molecule has 0 aliphatic carbocycles. The van der Waals surface area contributed by atoms with Crippen LogP contribution in [0.3, 0.4) is 0 Å². The molecule has 0 aliphatic rings. The zero-order valence-corrected chi connectivity index (χ0v) is 11.6. The summed E-state index contributed by atoms with van der Waals surface area (Å²) in [5.74, 6) is 0.505. The summed E-state index contributed by atoms with van der Waals surface area (Å²) in [4.78, 5) is 15.9. The van der Waals surface area contributed by atoms with Crippen LogP contribution in [0.15, 0.2) is 18.3 Å². The maximum absolute atomic E-state index is 11.9. The number of pyridine rings is 1. The molecule has 5 heteroatoms. The topological polar surface area (TPSA) is 63.2 Å². The highest BCUT2D eigenvalue weighted by Crippen LogP contribution is 2.12. The Hall–Kier alpha value is -1.78. The fraction of sp³-hybridized carbons (Fsp3) is 0.538. The molecule has 1 aromatic heterocycles. The number of ether oxygens (including phenoxy) is 1. The summed E-state index contributed by atoms with van der Waals surface area (Å²) in [6, 6.07) is 3.25. The number of amides is 1. The van der Waals surface area contributed by atoms with Gasteiger partial charge in [-0.1, -0.05) is 0 Å². The third-order valence-corrected chi connectivity index (χ3v) is 2.22. The number of hydrogen-bond donors (Lipinski definition) is 2. The van der Waals surface area contributed by atoms with Crippen molar-refractivity contribution >= 4 is 11.6 Å². The Kier molecular flexibility index (Phi) is 4.53. The van der Waals surface area contributed by atoms with Crippen molar-refractivity contribution in [1.82, 2.24) is 10.3 Å². The van der Waals surface area contributed by atoms with Crippen LogP contribution in [-0.4, -0.2) is 29.6 Å². The van der Waals surface area contributed by atoms with Crippen LogP contribution in [0.2, 0.25) is 0 Å². The molecule has 0 saturated carbocycles. The number of carbonyl (C=O) groups is 1. The summed E-state index contributed by atoms with van der Waals surface area (Å²) >= 11 is 0. The summed E-state index contributed by atoms with van der Waals surface area (Å²) in [5, 5.41) is 6.00. The Balaban J connectivity index is 2.58. The van der Waals surface area contributed by atoms with E-state index in [-0.39, 0.29) is 17.5 Å². The largest absolute Gasteiger partial charge is 0.481 e. The van der Waals surface area contributed by atoms with Crippen LogP contribution >= 0.6 is 0 Å². The lowest BCUT2D eigenvalue weighted by Crippen LogP contribution is -2.47. The van der Waals surface area contributed by atoms with Crippen molar-refractivity contribution in [2.24, 2.45) is 0 Å². The quantitative estimate of drug-likeness (QED) is 0.856. The minimum atomic E-state index is -0.320. The lowest BCUT2D eigenvalue weighted by Gasteiger charge is -2.24. The van der Waals surface area contributed by atoms with Crippen molar-refractivity contribution in [2.75, 3.05) is 12.4 Å². The molecule has 1 heterocycles. The van der Waals surface area contributed by atoms with Crippen LogP contribution in [0.1, 0.15) is 27.7 Å². The monoisotopic (exact) mass is 251 g/mol. The van der Waals surface area contributed by atoms with Crippen molar-refractivity contribution in [2.45, 2.75) is 39.3 Å². The summed E-state index contributed by atoms with van der Waals surface area (Å²) < 4.78 is 4.97. The van der Waals surface area contributed by atoms with E-state index in [1.165, 1.54) is 0 Å². The second kappa shape index (κ2) is 5.71. The molecule has 18 heavy (non-hydrogen) atoms. The van der Waals surface area contributed by atoms with E-state index in [0.29, 0.717) is 5.88 Å². The van der Waals surface area contributed by atoms with Gasteiger partial charge in [0, 0.05) is 11.6 Å². The van der Waals surface area contributed by atoms with Gasteiger partial charge in [-0.05, 0) is 33.8 Å². The van der Waals surface area contributed by atoms with Crippen LogP contribution in [0.4, 0.5) is 5.69 Å². The van der Waals surface area contributed by atoms with Crippen molar-refractivity contribution in [3.05, 3.63) is 18.3 Å². The molecule has 0 spiro atoms. The smallest absolute Gasteiger partial charge is 0.242 e. The molecule has 0 fully saturated rings. The molecular formula is C13H21N3O2. The van der Waals surface area contributed by atoms with Crippen molar-refractivity contribution < 1.29 is 9.53 Å². The fourth-order valence-corrected chi connectivity index (χ4v) is 1.38. The van der Waals surface area contributed by atoms with E-state index in [9.17, 15) is 4.79 Å². The van der Waals surface area contributed by atoms with Crippen molar-refractivity contribution in [3.63, 3.8) is 0 Å². The van der Waals surface area contributed by atoms with Gasteiger partial charge in [0.25, 0.3) is 0 Å². The first-order valence-electron chi connectivity index (χ1n) is 5.90. The number of rotatable bonds is 4. The number of methoxy groups -OCH3 is 1. The number of aromatic nitrogens is 1. The maximum Gasteiger partial charge on any atom is 0.242 e. The highest BCUT2D eigenvalue weighted by atomic mass is 16.5. The average Bonchev–Trinajstić information content (AvgIpc) is 2.27. The van der Waals surface area contributed by atoms with Gasteiger partial charge in [0.15, 0.2) is 0 Å². The first kappa shape index (κ1) is 14.3. The van der Waals surface area contributed by atoms with Crippen LogP contribution < -0.4 is 15.4 Å². The third-order valence-electron chi connectivity index (χ3n) is 2.22. The Morgan fingerprint density at radius 3 is 2.50 bits per heavy atom. The molecule has 1 aromatic rings. The number of nitrogens with one attached hydrogen (secondary N) is 2. The maximum atomic E-state index is 11.9. The molecule has 0 aliphatic heterocycles. The third kappa shape index (κ3) is 4.61. The Bertz CT molecular complexity index is 396. The highest BCUT2D eigenvalue weighted by molar-refractivity contribution is 5.84. The molecule has 0 aromatic carbocycles. The van der Waals surface area contributed by atoms with Gasteiger partial charge in [0.05, 0.1) is 19.0 Å². The molecule has 0 bridgehead atoms. The van der Waals surface area contributed by atoms with Gasteiger partial charge in [-0.15, -0.1) is 0 Å². The van der Waals surface area contributed by atoms with Crippen LogP contribution in [0.5, 0.6) is 5.88 Å². The Morgan fingerprint density at radius 1 is 1.39 bits per heavy atom. The van der Waals surface area contributed by atoms with Crippen LogP contribution in [0.25, 0.3) is 0 Å². The highest BCUT2D eigenvalue weighted by Gasteiger charge is 2.18. The SMILES string of the molecule is COc1ccc(NC(C)C(=O)NC(C)(C)C)cn1. The second-order valence-electron chi connectivity index (χ2n) is 5.19. The predicted molar refractivity (Wildman–Crippen MR) is 71.8 cm³/mol. The Morgan fingerprint density at radius 2 is 2.06 bits per heavy atom. The van der Waals surface area contributed by atoms with E-state index in [1.54, 1.807) is 19.4 Å². The molecule has 1 rings (SSSR count). The molecular weight excluding hydrogens is 230 g/mol. The number of anilines is 1. The minimum absolute atomic E-state index is 0.0432. The fourth-order valence-electron chi connectivity index (χ4n) is 1.38. The molecule has 1 atom stereocenters. The first-order chi connectivity index (χ1) is 8.31. The first-order valence-corrected chi connectivity index (χ1v) is 5.90. The molecule has 0 saturated heterocycles. The van der Waals surface area contributed by atoms with Crippen molar-refractivity contribution in [3.8, 4) is 5.88 Å². The number of carbonyl (C=O) groups excluding carboxylic acids is 1. The van der Waals surface area contributed by atoms with Gasteiger partial charge < -0.3 is 15.4 Å². The molecule has 0 radical (unpaired) electrons. The van der Waals surface area contributed by atoms with E-state index in [4.69, 9.17) is 4.74 Å². The summed E-state index contributed by atoms with van der Waals surface area (Å²) in [7, 11) is 1.56. The van der Waals surface area contributed by atoms with E-state index in [1.807, 2.05) is 33.8 Å². The van der Waals surface area contributed by atoms with E-state index < -0.39 is 0 Å². The zero-order valence-electron chi connectivity index (χ0n) is 11.6. The normalized spacial score (nSPS) is 12.7. The minimum Gasteiger partial charge on any atom is -0.481 e. The Labute approximate surface area is 108 Å². The molecule has 1 unspecified atom stereocenters. The van der Waals surface area contributed by atoms with Gasteiger partial charge in [-0.3, -0.25) is 4.79 Å². The standard InChI is InChI=1S/C13H21N3O2/c1-9(12(17)16-13(2,3)4)15-10-6-7-11(18-5)14-8-10/h6-9,15H,1-5H3,(H,16,17). The van der Waals surface area contributed by atoms with Crippen molar-refractivity contribution in [1.29, 1.82) is 0 Å². The van der Waals surface area contributed by atoms with Crippen LogP contribution in [0, 0.1) is 0 Å². The van der Waals surface area contributed by atoms with Gasteiger partial charge in [0.2, 0.25) is 11.8 Å². The molecule has 100 valence electrons. The van der Waals surface area contributed by atoms with Crippen LogP contribution in [-0.2, 0) is 4.79 Å². The molecule has 1 amide bonds. The zero-order chi connectivity index (χ0) is 13.8. The predicted octanol–water partition coefficient (Wildman–Crippen LogP) is 1.81. The van der Waals surface area contributed by atoms with Gasteiger partial charge in [-0.2, -0.15) is 0 Å². The average molecular weight is 251 g/mol. The van der Waals surface area contributed by atoms with E-state index in [0.717, 1.165) is 5.69 Å². The number of hydrogen-bond acceptors (Lipinski definition) is 4. The lowest BCUT2D eigenvalue weighted by atomic mass is 10.1. The van der Waals surface area contributed by atoms with Gasteiger partial charge >= 0.3 is 0 Å². The summed E-state index contributed by atoms with van der Waals surface area (Å²) in [6.45, 7) is 7.66. The summed E-state index contributed by atoms with van der Waals surface area (Å²) in [5.41, 5.74) is 0.554. The van der Waals surface area contributed by atoms with Gasteiger partial charge in [-0.25, -0.2) is 4.98 Å². The van der Waals surface area contributed by atoms with E-state index in [2.05, 4.69) is 15.6 Å².